The van der Waals surface area contributed by atoms with E-state index in [1.165, 1.54) is 91.2 Å². The molecular weight excluding hydrogens is 1360 g/mol. The normalized spacial score (nSPS) is 23.9. The molecule has 31 heteroatoms. The number of nitrogens with two attached hydrogens (primary N) is 1. The van der Waals surface area contributed by atoms with Crippen LogP contribution in [0.5, 0.6) is 5.75 Å². The van der Waals surface area contributed by atoms with Crippen molar-refractivity contribution in [2.45, 2.75) is 163 Å². The first-order valence-electron chi connectivity index (χ1n) is 34.1. The SMILES string of the molecule is COc1ccc(C[C@@H]2NC(=O)C(CCCCC(=O)O)NC(=O)[C@@H]3C[C@H](N)CN3C(=O)[C@H](Cc3c[nH]c4ccc(F)cc34)NC(=O)[C@H](Cc3c[nH]c4ccc(F)cc34)NC(=O)[C@@H](C)NC(=O)[C@H](CCCN=[N+]=[N-])NC(=O)CCSCc3cccc(c3)CCSCNC(=O)[C@]3(C)CCCN3C2=O)cc1. The molecule has 9 amide bonds. The highest BCUT2D eigenvalue weighted by Crippen LogP contribution is 2.32. The number of unbranched alkanes of at least 4 members (excludes halogenated alkanes) is 1. The maximum absolute atomic E-state index is 15.6. The van der Waals surface area contributed by atoms with E-state index in [1.807, 2.05) is 18.2 Å². The van der Waals surface area contributed by atoms with Gasteiger partial charge in [-0.25, -0.2) is 8.78 Å². The van der Waals surface area contributed by atoms with Crippen molar-refractivity contribution in [1.82, 2.24) is 57.0 Å². The monoisotopic (exact) mass is 1440 g/mol. The average Bonchev–Trinajstić information content (AvgIpc) is 1.62. The Morgan fingerprint density at radius 2 is 1.31 bits per heavy atom. The third kappa shape index (κ3) is 20.5. The summed E-state index contributed by atoms with van der Waals surface area (Å²) in [6.45, 7) is 2.93. The number of nitrogens with zero attached hydrogens (tertiary/aromatic N) is 5. The molecule has 9 atom stereocenters. The van der Waals surface area contributed by atoms with E-state index < -0.39 is 125 Å². The standard InChI is InChI=1S/C71H87F2N15O12S2/c1-41-63(92)83-57(31-45-36-76-53-20-16-47(72)33-51(45)53)66(95)85-59(32-46-37-77-54-21-17-48(73)34-52(46)54)68(97)87-38-49(74)35-60(87)67(96)82-56(11-4-5-13-62(90)91)65(94)84-58(30-43-14-18-50(100-3)19-15-43)69(98)88-26-8-24-71(88,2)70(99)78-40-102-27-22-42-9-6-10-44(29-42)39-101-28-23-61(89)81-55(64(93)80-41)12-7-25-79-86-75/h6,9-10,14-21,29,33-34,36-37,41,49,55-60,76-77H,4-5,7-8,11-13,22-28,30-32,35,38-40,74H2,1-3H3,(H,78,99)(H,80,93)(H,81,89)(H,82,96)(H,83,92)(H,84,94)(H,85,95)(H,90,91)/t41-,49+,55+,56?,57+,58+,59+,60+,71+/m1/s1. The molecule has 0 aliphatic carbocycles. The van der Waals surface area contributed by atoms with Gasteiger partial charge in [0.1, 0.15) is 65.2 Å². The van der Waals surface area contributed by atoms with Crippen LogP contribution >= 0.6 is 23.5 Å². The maximum Gasteiger partial charge on any atom is 0.303 e. The summed E-state index contributed by atoms with van der Waals surface area (Å²) in [5, 5.41) is 33.5. The van der Waals surface area contributed by atoms with E-state index in [9.17, 15) is 33.5 Å². The number of benzene rings is 4. The van der Waals surface area contributed by atoms with E-state index in [0.29, 0.717) is 80.8 Å². The molecule has 3 aliphatic rings. The first kappa shape index (κ1) is 76.5. The molecule has 102 heavy (non-hydrogen) atoms. The lowest BCUT2D eigenvalue weighted by atomic mass is 9.95. The van der Waals surface area contributed by atoms with Gasteiger partial charge in [0.2, 0.25) is 53.2 Å². The van der Waals surface area contributed by atoms with E-state index in [1.54, 1.807) is 31.2 Å². The number of thioether (sulfide) groups is 2. The van der Waals surface area contributed by atoms with Crippen molar-refractivity contribution < 1.29 is 66.6 Å². The molecular formula is C71H87F2N15O12S2. The van der Waals surface area contributed by atoms with E-state index in [4.69, 9.17) is 16.0 Å². The molecule has 2 aromatic heterocycles. The number of hydrogen-bond acceptors (Lipinski definition) is 15. The number of methoxy groups -OCH3 is 1. The number of aromatic nitrogens is 2. The van der Waals surface area contributed by atoms with Crippen LogP contribution in [0, 0.1) is 11.6 Å². The second-order valence-electron chi connectivity index (χ2n) is 26.1. The summed E-state index contributed by atoms with van der Waals surface area (Å²) < 4.78 is 35.4. The number of carboxylic acid groups (broad SMARTS) is 1. The number of H-pyrrole nitrogens is 2. The van der Waals surface area contributed by atoms with Gasteiger partial charge in [-0.1, -0.05) is 47.9 Å². The predicted octanol–water partition coefficient (Wildman–Crippen LogP) is 5.62. The number of fused-ring (bicyclic) bond motifs is 6. The first-order valence-corrected chi connectivity index (χ1v) is 36.4. The number of hydrogen-bond donors (Lipinski definition) is 11. The summed E-state index contributed by atoms with van der Waals surface area (Å²) >= 11 is 2.99. The lowest BCUT2D eigenvalue weighted by Crippen LogP contribution is -2.62. The Kier molecular flexibility index (Phi) is 27.2. The highest BCUT2D eigenvalue weighted by molar-refractivity contribution is 7.99. The number of ether oxygens (including phenoxy) is 1. The number of carboxylic acids is 1. The Morgan fingerprint density at radius 3 is 1.99 bits per heavy atom. The zero-order valence-corrected chi connectivity index (χ0v) is 58.7. The first-order chi connectivity index (χ1) is 49.0. The summed E-state index contributed by atoms with van der Waals surface area (Å²) in [6.07, 6.45) is 3.50. The molecule has 6 aromatic rings. The highest BCUT2D eigenvalue weighted by atomic mass is 32.2. The number of nitrogens with one attached hydrogen (secondary N) is 9. The van der Waals surface area contributed by atoms with Gasteiger partial charge < -0.3 is 72.6 Å². The maximum atomic E-state index is 15.6. The minimum Gasteiger partial charge on any atom is -0.497 e. The average molecular weight is 1440 g/mol. The van der Waals surface area contributed by atoms with Gasteiger partial charge in [-0.2, -0.15) is 11.8 Å². The third-order valence-electron chi connectivity index (χ3n) is 18.7. The van der Waals surface area contributed by atoms with Crippen molar-refractivity contribution in [2.75, 3.05) is 44.1 Å². The van der Waals surface area contributed by atoms with Crippen molar-refractivity contribution in [2.24, 2.45) is 10.8 Å². The summed E-state index contributed by atoms with van der Waals surface area (Å²) in [4.78, 5) is 156. The highest BCUT2D eigenvalue weighted by Gasteiger charge is 2.48. The topological polar surface area (TPSA) is 397 Å². The fourth-order valence-corrected chi connectivity index (χ4v) is 14.8. The van der Waals surface area contributed by atoms with E-state index in [0.717, 1.165) is 16.0 Å². The van der Waals surface area contributed by atoms with E-state index in [2.05, 4.69) is 63.3 Å². The van der Waals surface area contributed by atoms with Crippen molar-refractivity contribution in [3.8, 4) is 5.75 Å². The van der Waals surface area contributed by atoms with Crippen LogP contribution in [0.1, 0.15) is 106 Å². The van der Waals surface area contributed by atoms with Crippen LogP contribution in [-0.4, -0.2) is 182 Å². The van der Waals surface area contributed by atoms with Crippen LogP contribution in [0.4, 0.5) is 8.78 Å². The van der Waals surface area contributed by atoms with Crippen LogP contribution < -0.4 is 47.7 Å². The number of rotatable bonds is 16. The molecule has 4 aromatic carbocycles. The largest absolute Gasteiger partial charge is 0.497 e. The number of aliphatic carboxylic acids is 1. The Morgan fingerprint density at radius 1 is 0.706 bits per heavy atom. The molecule has 9 rings (SSSR count). The molecule has 12 N–H and O–H groups in total. The van der Waals surface area contributed by atoms with E-state index in [-0.39, 0.29) is 96.1 Å². The molecule has 0 saturated carbocycles. The van der Waals surface area contributed by atoms with Gasteiger partial charge in [0.15, 0.2) is 0 Å². The molecule has 0 radical (unpaired) electrons. The zero-order chi connectivity index (χ0) is 73.0. The number of halogens is 2. The van der Waals surface area contributed by atoms with Crippen LogP contribution in [0.25, 0.3) is 32.2 Å². The number of aryl methyl sites for hydroxylation is 1. The minimum atomic E-state index is -1.63. The van der Waals surface area contributed by atoms with Crippen LogP contribution in [-0.2, 0) is 79.4 Å². The van der Waals surface area contributed by atoms with Crippen molar-refractivity contribution >= 4 is 104 Å². The molecule has 5 heterocycles. The molecule has 3 aliphatic heterocycles. The Balaban J connectivity index is 1.06. The van der Waals surface area contributed by atoms with Gasteiger partial charge in [0.25, 0.3) is 0 Å². The summed E-state index contributed by atoms with van der Waals surface area (Å²) in [5.74, 6) is -6.68. The third-order valence-corrected chi connectivity index (χ3v) is 20.5. The van der Waals surface area contributed by atoms with Gasteiger partial charge in [-0.15, -0.1) is 11.8 Å². The lowest BCUT2D eigenvalue weighted by molar-refractivity contribution is -0.146. The molecule has 2 fully saturated rings. The predicted molar refractivity (Wildman–Crippen MR) is 381 cm³/mol. The molecule has 1 unspecified atom stereocenters. The van der Waals surface area contributed by atoms with Crippen molar-refractivity contribution in [3.63, 3.8) is 0 Å². The fourth-order valence-electron chi connectivity index (χ4n) is 13.1. The number of amides is 9. The van der Waals surface area contributed by atoms with Gasteiger partial charge in [-0.05, 0) is 153 Å². The number of aromatic amines is 2. The van der Waals surface area contributed by atoms with Gasteiger partial charge in [0.05, 0.1) is 13.0 Å². The Hall–Kier alpha value is -9.71. The van der Waals surface area contributed by atoms with Gasteiger partial charge in [-0.3, -0.25) is 47.9 Å². The van der Waals surface area contributed by atoms with Gasteiger partial charge >= 0.3 is 5.97 Å². The molecule has 2 bridgehead atoms. The van der Waals surface area contributed by atoms with Crippen molar-refractivity contribution in [1.29, 1.82) is 0 Å². The zero-order valence-electron chi connectivity index (χ0n) is 57.0. The Bertz CT molecular complexity index is 4080. The minimum absolute atomic E-state index is 0.00414. The molecule has 2 saturated heterocycles. The van der Waals surface area contributed by atoms with Crippen LogP contribution in [0.3, 0.4) is 0 Å². The Labute approximate surface area is 596 Å². The lowest BCUT2D eigenvalue weighted by Gasteiger charge is -2.36. The smallest absolute Gasteiger partial charge is 0.303 e. The van der Waals surface area contributed by atoms with Gasteiger partial charge in [0, 0.05) is 108 Å². The molecule has 544 valence electrons. The number of carbonyl (C=O) groups is 10. The quantitative estimate of drug-likeness (QED) is 0.0242. The second-order valence-corrected chi connectivity index (χ2v) is 28.3. The van der Waals surface area contributed by atoms with Crippen LogP contribution in [0.2, 0.25) is 0 Å². The second kappa shape index (κ2) is 36.2. The fraction of sp³-hybridized carbons (Fsp3) is 0.465. The summed E-state index contributed by atoms with van der Waals surface area (Å²) in [7, 11) is 1.50. The molecule has 0 spiro atoms. The summed E-state index contributed by atoms with van der Waals surface area (Å²) in [5.41, 5.74) is 18.6. The number of azide groups is 1. The van der Waals surface area contributed by atoms with Crippen molar-refractivity contribution in [3.05, 3.63) is 147 Å². The number of carbonyl (C=O) groups excluding carboxylic acids is 9. The van der Waals surface area contributed by atoms with E-state index >= 15 is 28.4 Å². The molecule has 27 nitrogen and oxygen atoms in total. The summed E-state index contributed by atoms with van der Waals surface area (Å²) in [6, 6.07) is 11.8. The van der Waals surface area contributed by atoms with Crippen LogP contribution in [0.15, 0.2) is 102 Å².